The average Bonchev–Trinajstić information content (AvgIpc) is 2.10. The highest BCUT2D eigenvalue weighted by atomic mass is 16.4. The fourth-order valence-corrected chi connectivity index (χ4v) is 2.49. The van der Waals surface area contributed by atoms with E-state index >= 15 is 0 Å². The van der Waals surface area contributed by atoms with Gasteiger partial charge in [-0.1, -0.05) is 39.7 Å². The van der Waals surface area contributed by atoms with Crippen molar-refractivity contribution in [2.75, 3.05) is 0 Å². The smallest absolute Gasteiger partial charge is 0.330 e. The third-order valence-electron chi connectivity index (χ3n) is 4.17. The Morgan fingerprint density at radius 3 is 2.20 bits per heavy atom. The van der Waals surface area contributed by atoms with Crippen LogP contribution in [0.5, 0.6) is 0 Å². The summed E-state index contributed by atoms with van der Waals surface area (Å²) >= 11 is 0. The maximum Gasteiger partial charge on any atom is 0.330 e. The SMILES string of the molecule is CC(=C[C@]1(C)CCCCC1(C)C)C(=O)O. The Morgan fingerprint density at radius 2 is 1.73 bits per heavy atom. The summed E-state index contributed by atoms with van der Waals surface area (Å²) in [4.78, 5) is 10.9. The van der Waals surface area contributed by atoms with Crippen molar-refractivity contribution in [3.8, 4) is 0 Å². The summed E-state index contributed by atoms with van der Waals surface area (Å²) in [5.41, 5.74) is 0.725. The molecule has 0 aliphatic heterocycles. The molecule has 0 heterocycles. The van der Waals surface area contributed by atoms with Crippen molar-refractivity contribution < 1.29 is 9.90 Å². The molecule has 86 valence electrons. The van der Waals surface area contributed by atoms with Crippen molar-refractivity contribution >= 4 is 5.97 Å². The monoisotopic (exact) mass is 210 g/mol. The lowest BCUT2D eigenvalue weighted by Crippen LogP contribution is -2.37. The van der Waals surface area contributed by atoms with Gasteiger partial charge in [0.05, 0.1) is 0 Å². The molecule has 1 rings (SSSR count). The molecule has 2 nitrogen and oxygen atoms in total. The van der Waals surface area contributed by atoms with Gasteiger partial charge < -0.3 is 5.11 Å². The van der Waals surface area contributed by atoms with Crippen molar-refractivity contribution in [2.24, 2.45) is 10.8 Å². The van der Waals surface area contributed by atoms with Crippen molar-refractivity contribution in [3.63, 3.8) is 0 Å². The molecule has 1 aliphatic rings. The lowest BCUT2D eigenvalue weighted by molar-refractivity contribution is -0.132. The summed E-state index contributed by atoms with van der Waals surface area (Å²) < 4.78 is 0. The number of carboxylic acid groups (broad SMARTS) is 1. The van der Waals surface area contributed by atoms with E-state index in [9.17, 15) is 4.79 Å². The number of carboxylic acids is 1. The van der Waals surface area contributed by atoms with Crippen LogP contribution in [-0.2, 0) is 4.79 Å². The van der Waals surface area contributed by atoms with E-state index in [1.807, 2.05) is 6.08 Å². The summed E-state index contributed by atoms with van der Waals surface area (Å²) in [6.45, 7) is 8.38. The molecule has 1 atom stereocenters. The number of allylic oxidation sites excluding steroid dienone is 1. The second kappa shape index (κ2) is 3.99. The van der Waals surface area contributed by atoms with Crippen molar-refractivity contribution in [2.45, 2.75) is 53.4 Å². The Kier molecular flexibility index (Phi) is 3.27. The van der Waals surface area contributed by atoms with Crippen LogP contribution in [0.4, 0.5) is 0 Å². The molecule has 0 aromatic rings. The minimum absolute atomic E-state index is 0.0354. The highest BCUT2D eigenvalue weighted by molar-refractivity contribution is 5.85. The fraction of sp³-hybridized carbons (Fsp3) is 0.769. The molecule has 0 aromatic heterocycles. The van der Waals surface area contributed by atoms with E-state index < -0.39 is 5.97 Å². The standard InChI is InChI=1S/C13H22O2/c1-10(11(14)15)9-13(4)8-6-5-7-12(13,2)3/h9H,5-8H2,1-4H3,(H,14,15)/t13-/m0/s1. The lowest BCUT2D eigenvalue weighted by Gasteiger charge is -2.46. The van der Waals surface area contributed by atoms with Gasteiger partial charge in [0.2, 0.25) is 0 Å². The van der Waals surface area contributed by atoms with Crippen LogP contribution in [0.2, 0.25) is 0 Å². The van der Waals surface area contributed by atoms with Crippen LogP contribution >= 0.6 is 0 Å². The van der Waals surface area contributed by atoms with Crippen LogP contribution in [0.1, 0.15) is 53.4 Å². The van der Waals surface area contributed by atoms with Crippen LogP contribution in [0.3, 0.4) is 0 Å². The molecule has 0 radical (unpaired) electrons. The first-order valence-electron chi connectivity index (χ1n) is 5.71. The van der Waals surface area contributed by atoms with Crippen LogP contribution < -0.4 is 0 Å². The van der Waals surface area contributed by atoms with Crippen LogP contribution in [0, 0.1) is 10.8 Å². The largest absolute Gasteiger partial charge is 0.478 e. The number of hydrogen-bond donors (Lipinski definition) is 1. The molecule has 1 fully saturated rings. The van der Waals surface area contributed by atoms with Gasteiger partial charge in [0.25, 0.3) is 0 Å². The van der Waals surface area contributed by atoms with Gasteiger partial charge >= 0.3 is 5.97 Å². The molecule has 0 spiro atoms. The molecule has 15 heavy (non-hydrogen) atoms. The molecule has 0 unspecified atom stereocenters. The van der Waals surface area contributed by atoms with E-state index in [1.165, 1.54) is 19.3 Å². The van der Waals surface area contributed by atoms with Gasteiger partial charge in [-0.25, -0.2) is 4.79 Å². The Labute approximate surface area is 92.4 Å². The zero-order valence-corrected chi connectivity index (χ0v) is 10.3. The molecule has 0 amide bonds. The summed E-state index contributed by atoms with van der Waals surface area (Å²) in [5.74, 6) is -0.794. The lowest BCUT2D eigenvalue weighted by atomic mass is 9.58. The van der Waals surface area contributed by atoms with Gasteiger partial charge in [-0.2, -0.15) is 0 Å². The highest BCUT2D eigenvalue weighted by Gasteiger charge is 2.41. The normalized spacial score (nSPS) is 31.3. The highest BCUT2D eigenvalue weighted by Crippen LogP contribution is 2.51. The van der Waals surface area contributed by atoms with E-state index in [1.54, 1.807) is 6.92 Å². The average molecular weight is 210 g/mol. The predicted molar refractivity (Wildman–Crippen MR) is 61.7 cm³/mol. The first-order valence-corrected chi connectivity index (χ1v) is 5.71. The number of hydrogen-bond acceptors (Lipinski definition) is 1. The third-order valence-corrected chi connectivity index (χ3v) is 4.17. The molecule has 0 aromatic carbocycles. The van der Waals surface area contributed by atoms with Gasteiger partial charge in [-0.15, -0.1) is 0 Å². The van der Waals surface area contributed by atoms with E-state index in [0.29, 0.717) is 5.57 Å². The van der Waals surface area contributed by atoms with E-state index in [0.717, 1.165) is 6.42 Å². The summed E-state index contributed by atoms with van der Waals surface area (Å²) in [6, 6.07) is 0. The summed E-state index contributed by atoms with van der Waals surface area (Å²) in [6.07, 6.45) is 6.73. The first kappa shape index (κ1) is 12.3. The summed E-state index contributed by atoms with van der Waals surface area (Å²) in [7, 11) is 0. The quantitative estimate of drug-likeness (QED) is 0.707. The summed E-state index contributed by atoms with van der Waals surface area (Å²) in [5, 5.41) is 8.93. The number of rotatable bonds is 2. The van der Waals surface area contributed by atoms with Crippen molar-refractivity contribution in [1.82, 2.24) is 0 Å². The number of carbonyl (C=O) groups is 1. The van der Waals surface area contributed by atoms with E-state index in [2.05, 4.69) is 20.8 Å². The van der Waals surface area contributed by atoms with E-state index in [-0.39, 0.29) is 10.8 Å². The van der Waals surface area contributed by atoms with Crippen molar-refractivity contribution in [3.05, 3.63) is 11.6 Å². The second-order valence-corrected chi connectivity index (χ2v) is 5.64. The first-order chi connectivity index (χ1) is 6.78. The zero-order valence-electron chi connectivity index (χ0n) is 10.3. The minimum atomic E-state index is -0.794. The molecular weight excluding hydrogens is 188 g/mol. The topological polar surface area (TPSA) is 37.3 Å². The fourth-order valence-electron chi connectivity index (χ4n) is 2.49. The Bertz CT molecular complexity index is 289. The van der Waals surface area contributed by atoms with Gasteiger partial charge in [-0.3, -0.25) is 0 Å². The molecule has 1 N–H and O–H groups in total. The zero-order chi connectivity index (χ0) is 11.7. The Hall–Kier alpha value is -0.790. The minimum Gasteiger partial charge on any atom is -0.478 e. The van der Waals surface area contributed by atoms with E-state index in [4.69, 9.17) is 5.11 Å². The van der Waals surface area contributed by atoms with Crippen molar-refractivity contribution in [1.29, 1.82) is 0 Å². The number of aliphatic carboxylic acids is 1. The van der Waals surface area contributed by atoms with Crippen LogP contribution in [-0.4, -0.2) is 11.1 Å². The maximum absolute atomic E-state index is 10.9. The van der Waals surface area contributed by atoms with Gasteiger partial charge in [-0.05, 0) is 30.6 Å². The van der Waals surface area contributed by atoms with Crippen LogP contribution in [0.25, 0.3) is 0 Å². The van der Waals surface area contributed by atoms with Crippen LogP contribution in [0.15, 0.2) is 11.6 Å². The molecule has 2 heteroatoms. The second-order valence-electron chi connectivity index (χ2n) is 5.64. The molecular formula is C13H22O2. The third kappa shape index (κ3) is 2.42. The molecule has 0 bridgehead atoms. The maximum atomic E-state index is 10.9. The van der Waals surface area contributed by atoms with Gasteiger partial charge in [0.15, 0.2) is 0 Å². The molecule has 1 aliphatic carbocycles. The Balaban J connectivity index is 2.98. The molecule has 0 saturated heterocycles. The predicted octanol–water partition coefficient (Wildman–Crippen LogP) is 3.62. The van der Waals surface area contributed by atoms with Gasteiger partial charge in [0.1, 0.15) is 0 Å². The Morgan fingerprint density at radius 1 is 1.20 bits per heavy atom. The molecule has 1 saturated carbocycles. The van der Waals surface area contributed by atoms with Gasteiger partial charge in [0, 0.05) is 5.57 Å².